The average molecular weight is 413 g/mol. The van der Waals surface area contributed by atoms with Crippen LogP contribution in [0.15, 0.2) is 65.7 Å². The van der Waals surface area contributed by atoms with E-state index in [9.17, 15) is 9.59 Å². The van der Waals surface area contributed by atoms with Crippen LogP contribution in [0.2, 0.25) is 0 Å². The standard InChI is InChI=1S/C22H19N7O2/c23-18-14-12-13(21(30)24-9-11-29-10-3-8-25-29)6-7-15(14)26-19(18)20-22(31)28-17-5-2-1-4-16(17)27-20/h1-8,10,12,26H,9,11,23H2,(H,24,30)(H,28,31). The molecule has 1 amide bonds. The van der Waals surface area contributed by atoms with E-state index in [2.05, 4.69) is 25.4 Å². The Morgan fingerprint density at radius 3 is 2.81 bits per heavy atom. The number of aromatic amines is 2. The number of benzene rings is 2. The van der Waals surface area contributed by atoms with E-state index in [4.69, 9.17) is 5.73 Å². The van der Waals surface area contributed by atoms with Crippen LogP contribution in [0.25, 0.3) is 33.3 Å². The zero-order valence-corrected chi connectivity index (χ0v) is 16.4. The molecule has 3 aromatic heterocycles. The van der Waals surface area contributed by atoms with Gasteiger partial charge in [-0.15, -0.1) is 0 Å². The maximum atomic E-state index is 12.6. The summed E-state index contributed by atoms with van der Waals surface area (Å²) >= 11 is 0. The molecule has 0 aliphatic rings. The lowest BCUT2D eigenvalue weighted by Crippen LogP contribution is -2.27. The summed E-state index contributed by atoms with van der Waals surface area (Å²) < 4.78 is 1.74. The number of carbonyl (C=O) groups excluding carboxylic acids is 1. The second kappa shape index (κ2) is 7.45. The molecule has 0 bridgehead atoms. The minimum absolute atomic E-state index is 0.206. The highest BCUT2D eigenvalue weighted by molar-refractivity contribution is 6.04. The number of amides is 1. The molecule has 31 heavy (non-hydrogen) atoms. The molecule has 0 saturated carbocycles. The molecule has 3 heterocycles. The lowest BCUT2D eigenvalue weighted by atomic mass is 10.1. The number of nitrogens with two attached hydrogens (primary N) is 1. The minimum atomic E-state index is -0.339. The molecule has 0 aliphatic heterocycles. The van der Waals surface area contributed by atoms with E-state index in [1.165, 1.54) is 0 Å². The van der Waals surface area contributed by atoms with Crippen molar-refractivity contribution in [2.45, 2.75) is 6.54 Å². The van der Waals surface area contributed by atoms with Crippen LogP contribution in [-0.2, 0) is 6.54 Å². The molecular formula is C22H19N7O2. The Labute approximate surface area is 175 Å². The van der Waals surface area contributed by atoms with E-state index in [1.54, 1.807) is 35.1 Å². The number of fused-ring (bicyclic) bond motifs is 2. The number of nitrogen functional groups attached to an aromatic ring is 1. The summed E-state index contributed by atoms with van der Waals surface area (Å²) in [5, 5.41) is 7.63. The number of aromatic nitrogens is 5. The third kappa shape index (κ3) is 3.42. The Kier molecular flexibility index (Phi) is 4.47. The van der Waals surface area contributed by atoms with Crippen LogP contribution in [0.5, 0.6) is 0 Å². The number of hydrogen-bond acceptors (Lipinski definition) is 5. The molecule has 2 aromatic carbocycles. The molecule has 0 radical (unpaired) electrons. The molecule has 9 nitrogen and oxygen atoms in total. The Morgan fingerprint density at radius 1 is 1.10 bits per heavy atom. The van der Waals surface area contributed by atoms with Crippen molar-refractivity contribution in [2.75, 3.05) is 12.3 Å². The molecular weight excluding hydrogens is 394 g/mol. The van der Waals surface area contributed by atoms with Gasteiger partial charge in [0.2, 0.25) is 0 Å². The fraction of sp³-hybridized carbons (Fsp3) is 0.0909. The van der Waals surface area contributed by atoms with Crippen molar-refractivity contribution in [3.8, 4) is 11.4 Å². The molecule has 0 saturated heterocycles. The Bertz CT molecular complexity index is 1460. The molecule has 5 N–H and O–H groups in total. The summed E-state index contributed by atoms with van der Waals surface area (Å²) in [6.07, 6.45) is 3.53. The quantitative estimate of drug-likeness (QED) is 0.351. The fourth-order valence-corrected chi connectivity index (χ4v) is 3.56. The van der Waals surface area contributed by atoms with Crippen LogP contribution in [-0.4, -0.2) is 37.2 Å². The van der Waals surface area contributed by atoms with E-state index in [0.29, 0.717) is 46.5 Å². The van der Waals surface area contributed by atoms with Gasteiger partial charge in [0, 0.05) is 35.4 Å². The Morgan fingerprint density at radius 2 is 1.97 bits per heavy atom. The molecule has 0 atom stereocenters. The van der Waals surface area contributed by atoms with Crippen LogP contribution in [0.4, 0.5) is 5.69 Å². The van der Waals surface area contributed by atoms with E-state index in [-0.39, 0.29) is 17.2 Å². The zero-order valence-electron chi connectivity index (χ0n) is 16.4. The SMILES string of the molecule is Nc1c(-c2nc3ccccc3[nH]c2=O)[nH]c2ccc(C(=O)NCCn3cccn3)cc12. The normalized spacial score (nSPS) is 11.2. The van der Waals surface area contributed by atoms with Gasteiger partial charge in [0.1, 0.15) is 0 Å². The first-order chi connectivity index (χ1) is 15.1. The second-order valence-corrected chi connectivity index (χ2v) is 7.13. The van der Waals surface area contributed by atoms with E-state index in [1.807, 2.05) is 30.5 Å². The Hall–Kier alpha value is -4.40. The number of para-hydroxylation sites is 2. The maximum absolute atomic E-state index is 12.6. The van der Waals surface area contributed by atoms with Crippen LogP contribution in [0.3, 0.4) is 0 Å². The first-order valence-corrected chi connectivity index (χ1v) is 9.76. The molecule has 0 aliphatic carbocycles. The number of rotatable bonds is 5. The van der Waals surface area contributed by atoms with Crippen molar-refractivity contribution in [3.05, 3.63) is 76.8 Å². The average Bonchev–Trinajstić information content (AvgIpc) is 3.41. The highest BCUT2D eigenvalue weighted by Crippen LogP contribution is 2.31. The van der Waals surface area contributed by atoms with Crippen LogP contribution < -0.4 is 16.6 Å². The third-order valence-corrected chi connectivity index (χ3v) is 5.12. The second-order valence-electron chi connectivity index (χ2n) is 7.13. The number of carbonyl (C=O) groups is 1. The van der Waals surface area contributed by atoms with Gasteiger partial charge in [-0.2, -0.15) is 5.10 Å². The number of anilines is 1. The summed E-state index contributed by atoms with van der Waals surface area (Å²) in [6.45, 7) is 1.02. The van der Waals surface area contributed by atoms with Gasteiger partial charge >= 0.3 is 0 Å². The molecule has 0 fully saturated rings. The molecule has 5 aromatic rings. The summed E-state index contributed by atoms with van der Waals surface area (Å²) in [7, 11) is 0. The van der Waals surface area contributed by atoms with E-state index in [0.717, 1.165) is 5.52 Å². The highest BCUT2D eigenvalue weighted by atomic mass is 16.1. The maximum Gasteiger partial charge on any atom is 0.276 e. The van der Waals surface area contributed by atoms with Gasteiger partial charge in [-0.3, -0.25) is 14.3 Å². The topological polar surface area (TPSA) is 134 Å². The van der Waals surface area contributed by atoms with Crippen LogP contribution >= 0.6 is 0 Å². The largest absolute Gasteiger partial charge is 0.396 e. The minimum Gasteiger partial charge on any atom is -0.396 e. The molecule has 5 rings (SSSR count). The summed E-state index contributed by atoms with van der Waals surface area (Å²) in [5.74, 6) is -0.210. The number of hydrogen-bond donors (Lipinski definition) is 4. The van der Waals surface area contributed by atoms with Gasteiger partial charge in [0.15, 0.2) is 5.69 Å². The van der Waals surface area contributed by atoms with Crippen molar-refractivity contribution in [2.24, 2.45) is 0 Å². The predicted octanol–water partition coefficient (Wildman–Crippen LogP) is 2.28. The Balaban J connectivity index is 1.46. The summed E-state index contributed by atoms with van der Waals surface area (Å²) in [5.41, 5.74) is 9.52. The number of H-pyrrole nitrogens is 2. The van der Waals surface area contributed by atoms with Crippen LogP contribution in [0.1, 0.15) is 10.4 Å². The van der Waals surface area contributed by atoms with Crippen LogP contribution in [0, 0.1) is 0 Å². The van der Waals surface area contributed by atoms with Crippen molar-refractivity contribution in [1.82, 2.24) is 30.0 Å². The molecule has 9 heteroatoms. The van der Waals surface area contributed by atoms with Crippen molar-refractivity contribution < 1.29 is 4.79 Å². The lowest BCUT2D eigenvalue weighted by molar-refractivity contribution is 0.0952. The highest BCUT2D eigenvalue weighted by Gasteiger charge is 2.17. The smallest absolute Gasteiger partial charge is 0.276 e. The van der Waals surface area contributed by atoms with Crippen molar-refractivity contribution in [3.63, 3.8) is 0 Å². The van der Waals surface area contributed by atoms with Crippen molar-refractivity contribution >= 4 is 33.5 Å². The van der Waals surface area contributed by atoms with Gasteiger partial charge in [-0.05, 0) is 36.4 Å². The predicted molar refractivity (Wildman–Crippen MR) is 119 cm³/mol. The number of nitrogens with one attached hydrogen (secondary N) is 3. The molecule has 0 spiro atoms. The first-order valence-electron chi connectivity index (χ1n) is 9.76. The van der Waals surface area contributed by atoms with Gasteiger partial charge in [-0.25, -0.2) is 4.98 Å². The van der Waals surface area contributed by atoms with E-state index >= 15 is 0 Å². The lowest BCUT2D eigenvalue weighted by Gasteiger charge is -2.06. The van der Waals surface area contributed by atoms with Gasteiger partial charge in [0.05, 0.1) is 29.0 Å². The van der Waals surface area contributed by atoms with Gasteiger partial charge in [0.25, 0.3) is 11.5 Å². The summed E-state index contributed by atoms with van der Waals surface area (Å²) in [4.78, 5) is 35.6. The first kappa shape index (κ1) is 18.6. The monoisotopic (exact) mass is 413 g/mol. The fourth-order valence-electron chi connectivity index (χ4n) is 3.56. The molecule has 154 valence electrons. The number of nitrogens with zero attached hydrogens (tertiary/aromatic N) is 3. The van der Waals surface area contributed by atoms with Gasteiger partial charge < -0.3 is 21.0 Å². The van der Waals surface area contributed by atoms with Gasteiger partial charge in [-0.1, -0.05) is 12.1 Å². The van der Waals surface area contributed by atoms with E-state index < -0.39 is 0 Å². The molecule has 0 unspecified atom stereocenters. The zero-order chi connectivity index (χ0) is 21.4. The summed E-state index contributed by atoms with van der Waals surface area (Å²) in [6, 6.07) is 14.3. The third-order valence-electron chi connectivity index (χ3n) is 5.12. The van der Waals surface area contributed by atoms with Crippen molar-refractivity contribution in [1.29, 1.82) is 0 Å².